The summed E-state index contributed by atoms with van der Waals surface area (Å²) in [6.07, 6.45) is -0.0192. The maximum atomic E-state index is 13.3. The molecule has 0 aliphatic carbocycles. The Morgan fingerprint density at radius 2 is 1.79 bits per heavy atom. The van der Waals surface area contributed by atoms with E-state index < -0.39 is 45.7 Å². The van der Waals surface area contributed by atoms with Crippen molar-refractivity contribution in [3.63, 3.8) is 0 Å². The van der Waals surface area contributed by atoms with Crippen molar-refractivity contribution in [3.8, 4) is 0 Å². The quantitative estimate of drug-likeness (QED) is 0.493. The fourth-order valence-electron chi connectivity index (χ4n) is 1.11. The van der Waals surface area contributed by atoms with Gasteiger partial charge in [0.15, 0.2) is 11.6 Å². The maximum Gasteiger partial charge on any atom is 0.324 e. The zero-order valence-electron chi connectivity index (χ0n) is 9.71. The van der Waals surface area contributed by atoms with Crippen LogP contribution in [0.3, 0.4) is 0 Å². The van der Waals surface area contributed by atoms with Crippen LogP contribution >= 0.6 is 11.8 Å². The molecular weight excluding hydrogens is 288 g/mol. The second-order valence-electron chi connectivity index (χ2n) is 3.75. The third kappa shape index (κ3) is 3.16. The molecule has 106 valence electrons. The first-order valence-corrected chi connectivity index (χ1v) is 6.06. The Morgan fingerprint density at radius 1 is 1.32 bits per heavy atom. The Balaban J connectivity index is 3.04. The zero-order chi connectivity index (χ0) is 14.8. The number of nitrogens with two attached hydrogens (primary N) is 1. The van der Waals surface area contributed by atoms with Crippen molar-refractivity contribution in [2.75, 3.05) is 5.75 Å². The van der Waals surface area contributed by atoms with Gasteiger partial charge in [-0.25, -0.2) is 8.78 Å². The number of carboxylic acids is 1. The molecule has 0 aliphatic heterocycles. The van der Waals surface area contributed by atoms with E-state index in [0.29, 0.717) is 0 Å². The van der Waals surface area contributed by atoms with Crippen LogP contribution in [0.4, 0.5) is 17.6 Å². The number of aromatic nitrogens is 1. The number of halogens is 4. The molecule has 9 heteroatoms. The topological polar surface area (TPSA) is 76.2 Å². The number of pyridine rings is 1. The maximum absolute atomic E-state index is 13.3. The molecule has 1 aromatic rings. The summed E-state index contributed by atoms with van der Waals surface area (Å²) in [7, 11) is 0. The highest BCUT2D eigenvalue weighted by Gasteiger charge is 2.33. The molecule has 0 saturated carbocycles. The number of carboxylic acid groups (broad SMARTS) is 1. The molecule has 1 heterocycles. The molecule has 1 rings (SSSR count). The molecule has 3 N–H and O–H groups in total. The van der Waals surface area contributed by atoms with Crippen molar-refractivity contribution in [3.05, 3.63) is 23.5 Å². The van der Waals surface area contributed by atoms with Crippen molar-refractivity contribution < 1.29 is 27.5 Å². The van der Waals surface area contributed by atoms with Gasteiger partial charge in [-0.1, -0.05) is 6.92 Å². The molecule has 1 atom stereocenters. The molecular formula is C10H10F4N2O2S. The minimum atomic E-state index is -1.80. The van der Waals surface area contributed by atoms with Crippen LogP contribution in [0.25, 0.3) is 0 Å². The van der Waals surface area contributed by atoms with Crippen molar-refractivity contribution in [2.24, 2.45) is 5.73 Å². The second-order valence-corrected chi connectivity index (χ2v) is 4.74. The van der Waals surface area contributed by atoms with Gasteiger partial charge in [-0.3, -0.25) is 4.79 Å². The van der Waals surface area contributed by atoms with E-state index in [1.165, 1.54) is 6.92 Å². The molecule has 0 spiro atoms. The Morgan fingerprint density at radius 3 is 2.16 bits per heavy atom. The number of carbonyl (C=O) groups is 1. The van der Waals surface area contributed by atoms with E-state index in [1.54, 1.807) is 0 Å². The minimum Gasteiger partial charge on any atom is -0.480 e. The third-order valence-corrected chi connectivity index (χ3v) is 3.79. The first-order chi connectivity index (χ1) is 8.73. The van der Waals surface area contributed by atoms with Gasteiger partial charge >= 0.3 is 5.97 Å². The number of thioether (sulfide) groups is 1. The largest absolute Gasteiger partial charge is 0.480 e. The molecule has 0 aromatic carbocycles. The number of rotatable bonds is 5. The fourth-order valence-corrected chi connectivity index (χ4v) is 2.26. The van der Waals surface area contributed by atoms with E-state index in [0.717, 1.165) is 0 Å². The molecule has 19 heavy (non-hydrogen) atoms. The molecule has 0 bridgehead atoms. The molecule has 0 fully saturated rings. The van der Waals surface area contributed by atoms with Gasteiger partial charge in [0.25, 0.3) is 11.9 Å². The van der Waals surface area contributed by atoms with Crippen LogP contribution in [0.1, 0.15) is 13.3 Å². The lowest BCUT2D eigenvalue weighted by atomic mass is 10.0. The number of hydrogen-bond acceptors (Lipinski definition) is 4. The predicted molar refractivity (Wildman–Crippen MR) is 59.6 cm³/mol. The van der Waals surface area contributed by atoms with Crippen molar-refractivity contribution >= 4 is 17.7 Å². The van der Waals surface area contributed by atoms with E-state index in [4.69, 9.17) is 10.8 Å². The molecule has 1 unspecified atom stereocenters. The summed E-state index contributed by atoms with van der Waals surface area (Å²) in [6, 6.07) is 0. The lowest BCUT2D eigenvalue weighted by Crippen LogP contribution is -2.49. The first kappa shape index (κ1) is 15.7. The van der Waals surface area contributed by atoms with Gasteiger partial charge in [0, 0.05) is 5.75 Å². The summed E-state index contributed by atoms with van der Waals surface area (Å²) in [6.45, 7) is 1.47. The van der Waals surface area contributed by atoms with Gasteiger partial charge in [0.1, 0.15) is 5.54 Å². The molecule has 0 saturated heterocycles. The summed E-state index contributed by atoms with van der Waals surface area (Å²) in [5.74, 6) is -8.76. The van der Waals surface area contributed by atoms with Crippen LogP contribution in [0.15, 0.2) is 4.90 Å². The summed E-state index contributed by atoms with van der Waals surface area (Å²) < 4.78 is 52.2. The minimum absolute atomic E-state index is 0.0192. The van der Waals surface area contributed by atoms with E-state index in [9.17, 15) is 22.4 Å². The monoisotopic (exact) mass is 298 g/mol. The average molecular weight is 298 g/mol. The van der Waals surface area contributed by atoms with Crippen LogP contribution in [0.5, 0.6) is 0 Å². The Hall–Kier alpha value is -1.35. The molecule has 0 radical (unpaired) electrons. The summed E-state index contributed by atoms with van der Waals surface area (Å²) >= 11 is 0.286. The fraction of sp³-hybridized carbons (Fsp3) is 0.400. The van der Waals surface area contributed by atoms with E-state index >= 15 is 0 Å². The predicted octanol–water partition coefficient (Wildman–Crippen LogP) is 1.92. The number of aliphatic carboxylic acids is 1. The Labute approximate surface area is 110 Å². The normalized spacial score (nSPS) is 14.2. The van der Waals surface area contributed by atoms with E-state index in [2.05, 4.69) is 4.98 Å². The highest BCUT2D eigenvalue weighted by molar-refractivity contribution is 7.99. The van der Waals surface area contributed by atoms with Crippen molar-refractivity contribution in [2.45, 2.75) is 23.8 Å². The highest BCUT2D eigenvalue weighted by atomic mass is 32.2. The van der Waals surface area contributed by atoms with Gasteiger partial charge in [-0.2, -0.15) is 13.8 Å². The van der Waals surface area contributed by atoms with Crippen LogP contribution < -0.4 is 5.73 Å². The van der Waals surface area contributed by atoms with Gasteiger partial charge in [-0.05, 0) is 6.42 Å². The van der Waals surface area contributed by atoms with E-state index in [-0.39, 0.29) is 18.2 Å². The number of nitrogens with zero attached hydrogens (tertiary/aromatic N) is 1. The molecule has 1 aromatic heterocycles. The van der Waals surface area contributed by atoms with Crippen LogP contribution in [-0.4, -0.2) is 27.4 Å². The first-order valence-electron chi connectivity index (χ1n) is 5.08. The lowest BCUT2D eigenvalue weighted by Gasteiger charge is -2.22. The average Bonchev–Trinajstić information content (AvgIpc) is 2.35. The smallest absolute Gasteiger partial charge is 0.324 e. The van der Waals surface area contributed by atoms with Gasteiger partial charge < -0.3 is 10.8 Å². The SMILES string of the molecule is CCC(N)(CSc1c(F)c(F)nc(F)c1F)C(=O)O. The van der Waals surface area contributed by atoms with Crippen LogP contribution in [-0.2, 0) is 4.79 Å². The zero-order valence-corrected chi connectivity index (χ0v) is 10.5. The van der Waals surface area contributed by atoms with Gasteiger partial charge in [-0.15, -0.1) is 11.8 Å². The Kier molecular flexibility index (Phi) is 4.75. The third-order valence-electron chi connectivity index (χ3n) is 2.49. The summed E-state index contributed by atoms with van der Waals surface area (Å²) in [5, 5.41) is 8.87. The van der Waals surface area contributed by atoms with Crippen LogP contribution in [0.2, 0.25) is 0 Å². The summed E-state index contributed by atoms with van der Waals surface area (Å²) in [4.78, 5) is 12.3. The summed E-state index contributed by atoms with van der Waals surface area (Å²) in [5.41, 5.74) is 3.75. The second kappa shape index (κ2) is 5.74. The van der Waals surface area contributed by atoms with Gasteiger partial charge in [0.2, 0.25) is 0 Å². The van der Waals surface area contributed by atoms with Crippen molar-refractivity contribution in [1.29, 1.82) is 0 Å². The number of hydrogen-bond donors (Lipinski definition) is 2. The standard InChI is InChI=1S/C10H10F4N2O2S/c1-2-10(15,9(17)18)3-19-6-4(11)7(13)16-8(14)5(6)12/h2-3,15H2,1H3,(H,17,18). The molecule has 0 aliphatic rings. The lowest BCUT2D eigenvalue weighted by molar-refractivity contribution is -0.142. The highest BCUT2D eigenvalue weighted by Crippen LogP contribution is 2.30. The van der Waals surface area contributed by atoms with E-state index in [1.807, 2.05) is 0 Å². The van der Waals surface area contributed by atoms with Crippen LogP contribution in [0, 0.1) is 23.5 Å². The Bertz CT molecular complexity index is 489. The molecule has 0 amide bonds. The van der Waals surface area contributed by atoms with Crippen molar-refractivity contribution in [1.82, 2.24) is 4.98 Å². The molecule has 4 nitrogen and oxygen atoms in total. The van der Waals surface area contributed by atoms with Gasteiger partial charge in [0.05, 0.1) is 4.90 Å².